The topological polar surface area (TPSA) is 46.6 Å². The lowest BCUT2D eigenvalue weighted by Gasteiger charge is -2.15. The number of carbonyl (C=O) groups is 2. The monoisotopic (exact) mass is 199 g/mol. The Labute approximate surface area is 84.2 Å². The van der Waals surface area contributed by atoms with E-state index in [-0.39, 0.29) is 12.0 Å². The highest BCUT2D eigenvalue weighted by atomic mass is 16.6. The van der Waals surface area contributed by atoms with Crippen LogP contribution in [0.25, 0.3) is 0 Å². The minimum Gasteiger partial charge on any atom is -0.449 e. The summed E-state index contributed by atoms with van der Waals surface area (Å²) in [7, 11) is 0. The maximum absolute atomic E-state index is 11.4. The van der Waals surface area contributed by atoms with E-state index in [0.717, 1.165) is 25.5 Å². The molecule has 1 aliphatic rings. The van der Waals surface area contributed by atoms with Crippen molar-refractivity contribution in [3.8, 4) is 0 Å². The van der Waals surface area contributed by atoms with E-state index in [2.05, 4.69) is 0 Å². The molecule has 1 amide bonds. The fourth-order valence-corrected chi connectivity index (χ4v) is 1.46. The van der Waals surface area contributed by atoms with Crippen LogP contribution in [0.1, 0.15) is 26.2 Å². The van der Waals surface area contributed by atoms with Crippen molar-refractivity contribution in [3.05, 3.63) is 0 Å². The fourth-order valence-electron chi connectivity index (χ4n) is 1.46. The molecule has 0 aromatic carbocycles. The molecule has 0 aromatic heterocycles. The van der Waals surface area contributed by atoms with Crippen LogP contribution >= 0.6 is 0 Å². The Morgan fingerprint density at radius 2 is 2.43 bits per heavy atom. The molecular formula is C10H17NO3. The molecule has 4 heteroatoms. The first-order chi connectivity index (χ1) is 6.77. The maximum atomic E-state index is 11.4. The Hall–Kier alpha value is -1.06. The van der Waals surface area contributed by atoms with Crippen molar-refractivity contribution in [2.75, 3.05) is 19.7 Å². The van der Waals surface area contributed by atoms with Gasteiger partial charge in [0.1, 0.15) is 6.29 Å². The van der Waals surface area contributed by atoms with E-state index >= 15 is 0 Å². The van der Waals surface area contributed by atoms with Crippen LogP contribution in [0.4, 0.5) is 4.79 Å². The zero-order valence-corrected chi connectivity index (χ0v) is 8.57. The van der Waals surface area contributed by atoms with Gasteiger partial charge in [0, 0.05) is 19.0 Å². The number of nitrogens with zero attached hydrogens (tertiary/aromatic N) is 1. The standard InChI is InChI=1S/C10H17NO3/c1-2-3-6-14-10(13)11-5-4-9(7-11)8-12/h8-9H,2-7H2,1H3. The lowest BCUT2D eigenvalue weighted by molar-refractivity contribution is -0.110. The summed E-state index contributed by atoms with van der Waals surface area (Å²) in [6, 6.07) is 0. The van der Waals surface area contributed by atoms with E-state index in [1.54, 1.807) is 4.90 Å². The van der Waals surface area contributed by atoms with Gasteiger partial charge in [-0.2, -0.15) is 0 Å². The van der Waals surface area contributed by atoms with Crippen LogP contribution in [0.2, 0.25) is 0 Å². The summed E-state index contributed by atoms with van der Waals surface area (Å²) in [5.41, 5.74) is 0. The number of hydrogen-bond donors (Lipinski definition) is 0. The average Bonchev–Trinajstić information content (AvgIpc) is 2.66. The molecule has 0 radical (unpaired) electrons. The highest BCUT2D eigenvalue weighted by molar-refractivity contribution is 5.69. The Kier molecular flexibility index (Phi) is 4.43. The molecule has 1 atom stereocenters. The molecule has 0 aromatic rings. The van der Waals surface area contributed by atoms with Gasteiger partial charge in [-0.3, -0.25) is 0 Å². The van der Waals surface area contributed by atoms with Crippen LogP contribution < -0.4 is 0 Å². The summed E-state index contributed by atoms with van der Waals surface area (Å²) in [5.74, 6) is 0.00808. The summed E-state index contributed by atoms with van der Waals surface area (Å²) in [5, 5.41) is 0. The number of unbranched alkanes of at least 4 members (excludes halogenated alkanes) is 1. The van der Waals surface area contributed by atoms with Gasteiger partial charge >= 0.3 is 6.09 Å². The van der Waals surface area contributed by atoms with Gasteiger partial charge in [0.15, 0.2) is 0 Å². The molecule has 1 heterocycles. The third kappa shape index (κ3) is 3.01. The summed E-state index contributed by atoms with van der Waals surface area (Å²) in [6.45, 7) is 3.70. The van der Waals surface area contributed by atoms with Crippen LogP contribution in [0.15, 0.2) is 0 Å². The average molecular weight is 199 g/mol. The molecule has 0 aliphatic carbocycles. The van der Waals surface area contributed by atoms with E-state index in [4.69, 9.17) is 4.74 Å². The Bertz CT molecular complexity index is 206. The van der Waals surface area contributed by atoms with E-state index < -0.39 is 0 Å². The van der Waals surface area contributed by atoms with Gasteiger partial charge in [-0.25, -0.2) is 4.79 Å². The first-order valence-corrected chi connectivity index (χ1v) is 5.15. The number of amides is 1. The Balaban J connectivity index is 2.21. The largest absolute Gasteiger partial charge is 0.449 e. The van der Waals surface area contributed by atoms with E-state index in [0.29, 0.717) is 19.7 Å². The van der Waals surface area contributed by atoms with Crippen molar-refractivity contribution in [3.63, 3.8) is 0 Å². The van der Waals surface area contributed by atoms with Gasteiger partial charge in [-0.05, 0) is 12.8 Å². The van der Waals surface area contributed by atoms with E-state index in [1.807, 2.05) is 6.92 Å². The molecule has 1 rings (SSSR count). The fraction of sp³-hybridized carbons (Fsp3) is 0.800. The smallest absolute Gasteiger partial charge is 0.409 e. The molecule has 14 heavy (non-hydrogen) atoms. The van der Waals surface area contributed by atoms with Crippen molar-refractivity contribution in [2.24, 2.45) is 5.92 Å². The first kappa shape index (κ1) is 11.0. The van der Waals surface area contributed by atoms with Gasteiger partial charge < -0.3 is 14.4 Å². The second-order valence-corrected chi connectivity index (χ2v) is 3.60. The van der Waals surface area contributed by atoms with E-state index in [1.165, 1.54) is 0 Å². The lowest BCUT2D eigenvalue weighted by Crippen LogP contribution is -2.29. The Morgan fingerprint density at radius 3 is 3.00 bits per heavy atom. The summed E-state index contributed by atoms with van der Waals surface area (Å²) < 4.78 is 5.03. The molecule has 1 unspecified atom stereocenters. The molecule has 1 fully saturated rings. The van der Waals surface area contributed by atoms with Gasteiger partial charge in [-0.15, -0.1) is 0 Å². The molecule has 0 bridgehead atoms. The number of likely N-dealkylation sites (tertiary alicyclic amines) is 1. The van der Waals surface area contributed by atoms with Crippen LogP contribution in [-0.4, -0.2) is 37.0 Å². The van der Waals surface area contributed by atoms with Crippen molar-refractivity contribution >= 4 is 12.4 Å². The van der Waals surface area contributed by atoms with Crippen molar-refractivity contribution in [1.29, 1.82) is 0 Å². The van der Waals surface area contributed by atoms with Gasteiger partial charge in [-0.1, -0.05) is 13.3 Å². The van der Waals surface area contributed by atoms with Crippen molar-refractivity contribution in [1.82, 2.24) is 4.90 Å². The molecule has 0 N–H and O–H groups in total. The van der Waals surface area contributed by atoms with Gasteiger partial charge in [0.25, 0.3) is 0 Å². The predicted octanol–water partition coefficient (Wildman–Crippen LogP) is 1.44. The highest BCUT2D eigenvalue weighted by Gasteiger charge is 2.26. The third-order valence-electron chi connectivity index (χ3n) is 2.40. The summed E-state index contributed by atoms with van der Waals surface area (Å²) in [6.07, 6.45) is 3.33. The molecule has 1 saturated heterocycles. The number of ether oxygens (including phenoxy) is 1. The second kappa shape index (κ2) is 5.62. The van der Waals surface area contributed by atoms with Crippen LogP contribution in [0.5, 0.6) is 0 Å². The van der Waals surface area contributed by atoms with Crippen LogP contribution in [-0.2, 0) is 9.53 Å². The number of carbonyl (C=O) groups excluding carboxylic acids is 2. The quantitative estimate of drug-likeness (QED) is 0.508. The van der Waals surface area contributed by atoms with Crippen LogP contribution in [0.3, 0.4) is 0 Å². The second-order valence-electron chi connectivity index (χ2n) is 3.60. The third-order valence-corrected chi connectivity index (χ3v) is 2.40. The van der Waals surface area contributed by atoms with Crippen molar-refractivity contribution in [2.45, 2.75) is 26.2 Å². The molecule has 80 valence electrons. The summed E-state index contributed by atoms with van der Waals surface area (Å²) in [4.78, 5) is 23.4. The molecule has 0 spiro atoms. The van der Waals surface area contributed by atoms with Crippen molar-refractivity contribution < 1.29 is 14.3 Å². The zero-order valence-electron chi connectivity index (χ0n) is 8.57. The zero-order chi connectivity index (χ0) is 10.4. The number of rotatable bonds is 4. The van der Waals surface area contributed by atoms with Gasteiger partial charge in [0.2, 0.25) is 0 Å². The number of hydrogen-bond acceptors (Lipinski definition) is 3. The first-order valence-electron chi connectivity index (χ1n) is 5.15. The molecule has 0 saturated carbocycles. The minimum atomic E-state index is -0.275. The highest BCUT2D eigenvalue weighted by Crippen LogP contribution is 2.14. The molecule has 4 nitrogen and oxygen atoms in total. The number of aldehydes is 1. The van der Waals surface area contributed by atoms with Gasteiger partial charge in [0.05, 0.1) is 6.61 Å². The Morgan fingerprint density at radius 1 is 1.64 bits per heavy atom. The van der Waals surface area contributed by atoms with Crippen LogP contribution in [0, 0.1) is 5.92 Å². The normalized spacial score (nSPS) is 20.9. The molecular weight excluding hydrogens is 182 g/mol. The van der Waals surface area contributed by atoms with E-state index in [9.17, 15) is 9.59 Å². The summed E-state index contributed by atoms with van der Waals surface area (Å²) >= 11 is 0. The minimum absolute atomic E-state index is 0.00808. The molecule has 1 aliphatic heterocycles. The predicted molar refractivity (Wildman–Crippen MR) is 52.0 cm³/mol. The lowest BCUT2D eigenvalue weighted by atomic mass is 10.1. The maximum Gasteiger partial charge on any atom is 0.409 e. The SMILES string of the molecule is CCCCOC(=O)N1CCC(C=O)C1.